The summed E-state index contributed by atoms with van der Waals surface area (Å²) in [6.45, 7) is 0.301. The molecule has 0 aliphatic carbocycles. The van der Waals surface area contributed by atoms with Crippen LogP contribution in [0.5, 0.6) is 0 Å². The molecule has 0 saturated carbocycles. The Balaban J connectivity index is 2.13. The molecule has 2 aromatic rings. The average molecular weight is 283 g/mol. The molecule has 0 aliphatic rings. The van der Waals surface area contributed by atoms with Crippen LogP contribution >= 0.6 is 11.8 Å². The van der Waals surface area contributed by atoms with Gasteiger partial charge in [0.1, 0.15) is 0 Å². The lowest BCUT2D eigenvalue weighted by Crippen LogP contribution is -2.03. The second-order valence-electron chi connectivity index (χ2n) is 4.08. The third-order valence-corrected chi connectivity index (χ3v) is 3.80. The number of terminal acetylenes is 1. The highest BCUT2D eigenvalue weighted by Gasteiger charge is 2.09. The van der Waals surface area contributed by atoms with Gasteiger partial charge in [0.25, 0.3) is 0 Å². The van der Waals surface area contributed by atoms with Crippen LogP contribution in [0.4, 0.5) is 0 Å². The number of nitriles is 1. The Labute approximate surface area is 122 Å². The van der Waals surface area contributed by atoms with E-state index in [4.69, 9.17) is 11.7 Å². The number of aliphatic hydroxyl groups excluding tert-OH is 1. The molecule has 0 bridgehead atoms. The number of rotatable bonds is 5. The van der Waals surface area contributed by atoms with E-state index in [-0.39, 0.29) is 6.61 Å². The van der Waals surface area contributed by atoms with Crippen LogP contribution in [0.3, 0.4) is 0 Å². The van der Waals surface area contributed by atoms with Crippen molar-refractivity contribution >= 4 is 11.8 Å². The summed E-state index contributed by atoms with van der Waals surface area (Å²) in [6, 6.07) is 9.58. The second-order valence-corrected chi connectivity index (χ2v) is 5.02. The van der Waals surface area contributed by atoms with Gasteiger partial charge in [0.05, 0.1) is 36.7 Å². The largest absolute Gasteiger partial charge is 0.390 e. The summed E-state index contributed by atoms with van der Waals surface area (Å²) in [5, 5.41) is 18.9. The molecule has 20 heavy (non-hydrogen) atoms. The maximum Gasteiger partial charge on any atom is 0.169 e. The van der Waals surface area contributed by atoms with Crippen molar-refractivity contribution in [3.8, 4) is 18.4 Å². The van der Waals surface area contributed by atoms with Crippen LogP contribution in [0.1, 0.15) is 16.8 Å². The zero-order valence-electron chi connectivity index (χ0n) is 10.8. The van der Waals surface area contributed by atoms with E-state index in [2.05, 4.69) is 17.0 Å². The van der Waals surface area contributed by atoms with Gasteiger partial charge in [-0.3, -0.25) is 0 Å². The topological polar surface area (TPSA) is 61.8 Å². The van der Waals surface area contributed by atoms with Crippen LogP contribution in [0, 0.1) is 23.7 Å². The van der Waals surface area contributed by atoms with Crippen molar-refractivity contribution in [1.82, 2.24) is 9.55 Å². The molecular weight excluding hydrogens is 270 g/mol. The standard InChI is InChI=1S/C15H13N3OS/c1-2-6-18-14(10-19)9-17-15(18)20-11-13-5-3-4-12(7-13)8-16/h1,3-5,7,9,19H,6,10-11H2. The molecule has 0 atom stereocenters. The number of aliphatic hydroxyl groups is 1. The Morgan fingerprint density at radius 1 is 1.45 bits per heavy atom. The van der Waals surface area contributed by atoms with Gasteiger partial charge in [-0.05, 0) is 17.7 Å². The molecule has 0 fully saturated rings. The van der Waals surface area contributed by atoms with E-state index >= 15 is 0 Å². The smallest absolute Gasteiger partial charge is 0.169 e. The van der Waals surface area contributed by atoms with Gasteiger partial charge in [-0.15, -0.1) is 6.42 Å². The molecular formula is C15H13N3OS. The first-order chi connectivity index (χ1) is 9.78. The van der Waals surface area contributed by atoms with Crippen molar-refractivity contribution in [2.45, 2.75) is 24.1 Å². The quantitative estimate of drug-likeness (QED) is 0.675. The Morgan fingerprint density at radius 3 is 3.00 bits per heavy atom. The molecule has 100 valence electrons. The highest BCUT2D eigenvalue weighted by Crippen LogP contribution is 2.23. The molecule has 0 radical (unpaired) electrons. The molecule has 0 unspecified atom stereocenters. The lowest BCUT2D eigenvalue weighted by atomic mass is 10.2. The minimum atomic E-state index is -0.0842. The summed E-state index contributed by atoms with van der Waals surface area (Å²) in [4.78, 5) is 4.27. The number of aromatic nitrogens is 2. The third kappa shape index (κ3) is 3.21. The fourth-order valence-corrected chi connectivity index (χ4v) is 2.71. The van der Waals surface area contributed by atoms with Crippen LogP contribution in [0.25, 0.3) is 0 Å². The van der Waals surface area contributed by atoms with E-state index in [0.717, 1.165) is 10.7 Å². The summed E-state index contributed by atoms with van der Waals surface area (Å²) < 4.78 is 1.82. The molecule has 0 amide bonds. The first-order valence-corrected chi connectivity index (χ1v) is 6.97. The fourth-order valence-electron chi connectivity index (χ4n) is 1.77. The average Bonchev–Trinajstić information content (AvgIpc) is 2.88. The van der Waals surface area contributed by atoms with Crippen molar-refractivity contribution in [3.63, 3.8) is 0 Å². The molecule has 1 N–H and O–H groups in total. The molecule has 0 spiro atoms. The molecule has 1 heterocycles. The van der Waals surface area contributed by atoms with E-state index in [9.17, 15) is 5.11 Å². The highest BCUT2D eigenvalue weighted by molar-refractivity contribution is 7.98. The molecule has 0 saturated heterocycles. The number of benzene rings is 1. The lowest BCUT2D eigenvalue weighted by molar-refractivity contribution is 0.270. The lowest BCUT2D eigenvalue weighted by Gasteiger charge is -2.07. The van der Waals surface area contributed by atoms with Gasteiger partial charge in [0.2, 0.25) is 0 Å². The normalized spacial score (nSPS) is 9.95. The molecule has 2 rings (SSSR count). The Morgan fingerprint density at radius 2 is 2.30 bits per heavy atom. The molecule has 0 aliphatic heterocycles. The van der Waals surface area contributed by atoms with Crippen LogP contribution in [0.2, 0.25) is 0 Å². The minimum absolute atomic E-state index is 0.0842. The van der Waals surface area contributed by atoms with Crippen molar-refractivity contribution in [2.24, 2.45) is 0 Å². The first-order valence-electron chi connectivity index (χ1n) is 5.99. The molecule has 4 nitrogen and oxygen atoms in total. The van der Waals surface area contributed by atoms with E-state index in [1.54, 1.807) is 12.3 Å². The van der Waals surface area contributed by atoms with Gasteiger partial charge < -0.3 is 9.67 Å². The zero-order valence-corrected chi connectivity index (χ0v) is 11.6. The maximum absolute atomic E-state index is 9.24. The van der Waals surface area contributed by atoms with Crippen molar-refractivity contribution in [2.75, 3.05) is 0 Å². The SMILES string of the molecule is C#CCn1c(CO)cnc1SCc1cccc(C#N)c1. The Hall–Kier alpha value is -2.21. The molecule has 1 aromatic carbocycles. The first kappa shape index (κ1) is 14.2. The minimum Gasteiger partial charge on any atom is -0.390 e. The second kappa shape index (κ2) is 6.81. The number of hydrogen-bond acceptors (Lipinski definition) is 4. The van der Waals surface area contributed by atoms with Gasteiger partial charge in [0.15, 0.2) is 5.16 Å². The van der Waals surface area contributed by atoms with E-state index < -0.39 is 0 Å². The van der Waals surface area contributed by atoms with Crippen LogP contribution in [0.15, 0.2) is 35.6 Å². The van der Waals surface area contributed by atoms with Gasteiger partial charge >= 0.3 is 0 Å². The number of imidazole rings is 1. The van der Waals surface area contributed by atoms with Crippen LogP contribution in [-0.4, -0.2) is 14.7 Å². The summed E-state index contributed by atoms with van der Waals surface area (Å²) >= 11 is 1.53. The van der Waals surface area contributed by atoms with Gasteiger partial charge in [-0.2, -0.15) is 5.26 Å². The Kier molecular flexibility index (Phi) is 4.84. The molecule has 1 aromatic heterocycles. The predicted octanol–water partition coefficient (Wildman–Crippen LogP) is 2.17. The Bertz CT molecular complexity index is 679. The summed E-state index contributed by atoms with van der Waals surface area (Å²) in [6.07, 6.45) is 6.96. The summed E-state index contributed by atoms with van der Waals surface area (Å²) in [5.41, 5.74) is 2.40. The fraction of sp³-hybridized carbons (Fsp3) is 0.200. The predicted molar refractivity (Wildman–Crippen MR) is 77.7 cm³/mol. The number of thioether (sulfide) groups is 1. The van der Waals surface area contributed by atoms with Gasteiger partial charge in [0, 0.05) is 5.75 Å². The zero-order chi connectivity index (χ0) is 14.4. The monoisotopic (exact) mass is 283 g/mol. The van der Waals surface area contributed by atoms with Gasteiger partial charge in [-0.1, -0.05) is 29.8 Å². The highest BCUT2D eigenvalue weighted by atomic mass is 32.2. The van der Waals surface area contributed by atoms with E-state index in [1.807, 2.05) is 22.8 Å². The van der Waals surface area contributed by atoms with Gasteiger partial charge in [-0.25, -0.2) is 4.98 Å². The molecule has 5 heteroatoms. The van der Waals surface area contributed by atoms with Crippen LogP contribution < -0.4 is 0 Å². The van der Waals surface area contributed by atoms with Crippen molar-refractivity contribution in [1.29, 1.82) is 5.26 Å². The summed E-state index contributed by atoms with van der Waals surface area (Å²) in [5.74, 6) is 3.25. The summed E-state index contributed by atoms with van der Waals surface area (Å²) in [7, 11) is 0. The maximum atomic E-state index is 9.24. The van der Waals surface area contributed by atoms with E-state index in [0.29, 0.717) is 23.6 Å². The van der Waals surface area contributed by atoms with E-state index in [1.165, 1.54) is 11.8 Å². The number of hydrogen-bond donors (Lipinski definition) is 1. The third-order valence-electron chi connectivity index (χ3n) is 2.74. The number of nitrogens with zero attached hydrogens (tertiary/aromatic N) is 3. The van der Waals surface area contributed by atoms with Crippen molar-refractivity contribution < 1.29 is 5.11 Å². The van der Waals surface area contributed by atoms with Crippen molar-refractivity contribution in [3.05, 3.63) is 47.3 Å². The van der Waals surface area contributed by atoms with Crippen LogP contribution in [-0.2, 0) is 18.9 Å².